The van der Waals surface area contributed by atoms with Gasteiger partial charge in [-0.15, -0.1) is 10.2 Å². The summed E-state index contributed by atoms with van der Waals surface area (Å²) in [5.41, 5.74) is 0.581. The predicted molar refractivity (Wildman–Crippen MR) is 119 cm³/mol. The molecular weight excluding hydrogens is 457 g/mol. The lowest BCUT2D eigenvalue weighted by Gasteiger charge is -2.10. The van der Waals surface area contributed by atoms with Crippen LogP contribution in [-0.2, 0) is 30.9 Å². The number of benzene rings is 2. The van der Waals surface area contributed by atoms with Crippen molar-refractivity contribution >= 4 is 23.4 Å². The van der Waals surface area contributed by atoms with Crippen molar-refractivity contribution in [1.29, 1.82) is 0 Å². The number of nitrogens with zero attached hydrogens (tertiary/aromatic N) is 3. The van der Waals surface area contributed by atoms with Crippen molar-refractivity contribution in [2.24, 2.45) is 7.05 Å². The van der Waals surface area contributed by atoms with E-state index in [1.807, 2.05) is 29.8 Å². The highest BCUT2D eigenvalue weighted by atomic mass is 32.2. The lowest BCUT2D eigenvalue weighted by Crippen LogP contribution is -2.15. The van der Waals surface area contributed by atoms with E-state index in [2.05, 4.69) is 15.5 Å². The van der Waals surface area contributed by atoms with Gasteiger partial charge in [0.25, 0.3) is 0 Å². The first kappa shape index (κ1) is 24.4. The Labute approximate surface area is 193 Å². The van der Waals surface area contributed by atoms with Crippen molar-refractivity contribution in [3.05, 3.63) is 59.4 Å². The molecule has 0 radical (unpaired) electrons. The van der Waals surface area contributed by atoms with Crippen LogP contribution in [0.5, 0.6) is 11.5 Å². The molecule has 0 bridgehead atoms. The Kier molecular flexibility index (Phi) is 7.85. The maximum Gasteiger partial charge on any atom is 0.416 e. The van der Waals surface area contributed by atoms with Crippen LogP contribution in [0, 0.1) is 0 Å². The number of carbonyl (C=O) groups is 1. The summed E-state index contributed by atoms with van der Waals surface area (Å²) in [5.74, 6) is 1.77. The number of anilines is 1. The molecule has 1 heterocycles. The topological polar surface area (TPSA) is 78.3 Å². The summed E-state index contributed by atoms with van der Waals surface area (Å²) in [5, 5.41) is 11.5. The lowest BCUT2D eigenvalue weighted by atomic mass is 10.1. The van der Waals surface area contributed by atoms with Crippen LogP contribution in [0.2, 0.25) is 0 Å². The molecule has 7 nitrogen and oxygen atoms in total. The highest BCUT2D eigenvalue weighted by Crippen LogP contribution is 2.30. The highest BCUT2D eigenvalue weighted by Gasteiger charge is 2.30. The van der Waals surface area contributed by atoms with E-state index < -0.39 is 11.7 Å². The first-order valence-corrected chi connectivity index (χ1v) is 10.9. The summed E-state index contributed by atoms with van der Waals surface area (Å²) in [6.45, 7) is 0. The van der Waals surface area contributed by atoms with Gasteiger partial charge in [-0.2, -0.15) is 13.2 Å². The third kappa shape index (κ3) is 6.41. The zero-order valence-corrected chi connectivity index (χ0v) is 19.1. The SMILES string of the molecule is COc1ccc(CCc2nnc(SCC(=O)Nc3ccc(C(F)(F)F)cc3)n2C)cc1OC. The van der Waals surface area contributed by atoms with Crippen molar-refractivity contribution in [2.45, 2.75) is 24.2 Å². The normalized spacial score (nSPS) is 11.3. The number of hydrogen-bond donors (Lipinski definition) is 1. The molecule has 0 aliphatic rings. The van der Waals surface area contributed by atoms with Gasteiger partial charge in [0.1, 0.15) is 5.82 Å². The second kappa shape index (κ2) is 10.6. The first-order chi connectivity index (χ1) is 15.7. The van der Waals surface area contributed by atoms with Crippen LogP contribution in [0.1, 0.15) is 17.0 Å². The molecule has 176 valence electrons. The van der Waals surface area contributed by atoms with E-state index in [1.165, 1.54) is 23.9 Å². The lowest BCUT2D eigenvalue weighted by molar-refractivity contribution is -0.137. The van der Waals surface area contributed by atoms with Crippen LogP contribution in [0.4, 0.5) is 18.9 Å². The zero-order chi connectivity index (χ0) is 24.0. The van der Waals surface area contributed by atoms with E-state index in [4.69, 9.17) is 9.47 Å². The van der Waals surface area contributed by atoms with Crippen LogP contribution >= 0.6 is 11.8 Å². The number of carbonyl (C=O) groups excluding carboxylic acids is 1. The molecule has 0 aliphatic carbocycles. The van der Waals surface area contributed by atoms with Gasteiger partial charge in [0.2, 0.25) is 5.91 Å². The first-order valence-electron chi connectivity index (χ1n) is 9.90. The molecule has 0 fully saturated rings. The average Bonchev–Trinajstić information content (AvgIpc) is 3.15. The standard InChI is InChI=1S/C22H23F3N4O3S/c1-29-19(11-5-14-4-10-17(31-2)18(12-14)32-3)27-28-21(29)33-13-20(30)26-16-8-6-15(7-9-16)22(23,24)25/h4,6-10,12H,5,11,13H2,1-3H3,(H,26,30). The summed E-state index contributed by atoms with van der Waals surface area (Å²) < 4.78 is 50.3. The molecule has 1 aromatic heterocycles. The molecule has 2 aromatic carbocycles. The number of aromatic nitrogens is 3. The number of thioether (sulfide) groups is 1. The number of nitrogens with one attached hydrogen (secondary N) is 1. The highest BCUT2D eigenvalue weighted by molar-refractivity contribution is 7.99. The number of methoxy groups -OCH3 is 2. The molecule has 3 rings (SSSR count). The maximum absolute atomic E-state index is 12.6. The number of rotatable bonds is 9. The van der Waals surface area contributed by atoms with E-state index in [1.54, 1.807) is 14.2 Å². The van der Waals surface area contributed by atoms with E-state index in [0.717, 1.165) is 23.5 Å². The summed E-state index contributed by atoms with van der Waals surface area (Å²) in [6, 6.07) is 10.0. The fraction of sp³-hybridized carbons (Fsp3) is 0.318. The number of ether oxygens (including phenoxy) is 2. The average molecular weight is 481 g/mol. The molecule has 0 aliphatic heterocycles. The number of amides is 1. The van der Waals surface area contributed by atoms with Crippen LogP contribution in [-0.4, -0.2) is 40.6 Å². The minimum atomic E-state index is -4.42. The van der Waals surface area contributed by atoms with Gasteiger partial charge in [-0.25, -0.2) is 0 Å². The second-order valence-corrected chi connectivity index (χ2v) is 8.00. The quantitative estimate of drug-likeness (QED) is 0.459. The van der Waals surface area contributed by atoms with Crippen LogP contribution < -0.4 is 14.8 Å². The van der Waals surface area contributed by atoms with Crippen LogP contribution in [0.25, 0.3) is 0 Å². The van der Waals surface area contributed by atoms with Crippen LogP contribution in [0.15, 0.2) is 47.6 Å². The molecule has 1 amide bonds. The van der Waals surface area contributed by atoms with Crippen LogP contribution in [0.3, 0.4) is 0 Å². The Balaban J connectivity index is 1.53. The molecule has 11 heteroatoms. The summed E-state index contributed by atoms with van der Waals surface area (Å²) in [6.07, 6.45) is -3.07. The molecule has 3 aromatic rings. The third-order valence-electron chi connectivity index (χ3n) is 4.84. The Bertz CT molecular complexity index is 1100. The number of hydrogen-bond acceptors (Lipinski definition) is 6. The van der Waals surface area contributed by atoms with Gasteiger partial charge in [0.05, 0.1) is 25.5 Å². The van der Waals surface area contributed by atoms with Gasteiger partial charge in [-0.05, 0) is 48.4 Å². The molecule has 0 spiro atoms. The largest absolute Gasteiger partial charge is 0.493 e. The van der Waals surface area contributed by atoms with E-state index in [9.17, 15) is 18.0 Å². The van der Waals surface area contributed by atoms with Crippen molar-refractivity contribution in [1.82, 2.24) is 14.8 Å². The van der Waals surface area contributed by atoms with Gasteiger partial charge in [0, 0.05) is 19.2 Å². The minimum absolute atomic E-state index is 0.0443. The fourth-order valence-electron chi connectivity index (χ4n) is 3.05. The van der Waals surface area contributed by atoms with E-state index >= 15 is 0 Å². The van der Waals surface area contributed by atoms with Gasteiger partial charge >= 0.3 is 6.18 Å². The monoisotopic (exact) mass is 480 g/mol. The smallest absolute Gasteiger partial charge is 0.416 e. The molecule has 33 heavy (non-hydrogen) atoms. The number of alkyl halides is 3. The molecular formula is C22H23F3N4O3S. The van der Waals surface area contributed by atoms with Gasteiger partial charge in [0.15, 0.2) is 16.7 Å². The van der Waals surface area contributed by atoms with Crippen molar-refractivity contribution < 1.29 is 27.4 Å². The zero-order valence-electron chi connectivity index (χ0n) is 18.3. The van der Waals surface area contributed by atoms with E-state index in [0.29, 0.717) is 35.2 Å². The predicted octanol–water partition coefficient (Wildman–Crippen LogP) is 4.37. The second-order valence-electron chi connectivity index (χ2n) is 7.06. The molecule has 0 saturated carbocycles. The van der Waals surface area contributed by atoms with Crippen molar-refractivity contribution in [3.8, 4) is 11.5 Å². The minimum Gasteiger partial charge on any atom is -0.493 e. The summed E-state index contributed by atoms with van der Waals surface area (Å²) in [7, 11) is 4.99. The van der Waals surface area contributed by atoms with Gasteiger partial charge < -0.3 is 19.4 Å². The summed E-state index contributed by atoms with van der Waals surface area (Å²) in [4.78, 5) is 12.2. The Morgan fingerprint density at radius 2 is 1.73 bits per heavy atom. The summed E-state index contributed by atoms with van der Waals surface area (Å²) >= 11 is 1.20. The number of halogens is 3. The van der Waals surface area contributed by atoms with E-state index in [-0.39, 0.29) is 11.7 Å². The fourth-order valence-corrected chi connectivity index (χ4v) is 3.78. The molecule has 0 atom stereocenters. The van der Waals surface area contributed by atoms with Crippen molar-refractivity contribution in [3.63, 3.8) is 0 Å². The van der Waals surface area contributed by atoms with Gasteiger partial charge in [-0.3, -0.25) is 4.79 Å². The number of aryl methyl sites for hydroxylation is 2. The Morgan fingerprint density at radius 1 is 1.03 bits per heavy atom. The molecule has 0 saturated heterocycles. The third-order valence-corrected chi connectivity index (χ3v) is 5.86. The maximum atomic E-state index is 12.6. The van der Waals surface area contributed by atoms with Crippen molar-refractivity contribution in [2.75, 3.05) is 25.3 Å². The Morgan fingerprint density at radius 3 is 2.36 bits per heavy atom. The Hall–Kier alpha value is -3.21. The molecule has 1 N–H and O–H groups in total. The molecule has 0 unspecified atom stereocenters. The van der Waals surface area contributed by atoms with Gasteiger partial charge in [-0.1, -0.05) is 17.8 Å².